The van der Waals surface area contributed by atoms with Gasteiger partial charge in [0.2, 0.25) is 0 Å². The van der Waals surface area contributed by atoms with Crippen LogP contribution in [0.4, 0.5) is 0 Å². The van der Waals surface area contributed by atoms with Gasteiger partial charge < -0.3 is 14.4 Å². The van der Waals surface area contributed by atoms with Crippen LogP contribution in [-0.4, -0.2) is 39.3 Å². The quantitative estimate of drug-likeness (QED) is 0.812. The zero-order chi connectivity index (χ0) is 16.8. The number of hydrogen-bond donors (Lipinski definition) is 1. The van der Waals surface area contributed by atoms with Crippen LogP contribution >= 0.6 is 0 Å². The van der Waals surface area contributed by atoms with E-state index >= 15 is 0 Å². The van der Waals surface area contributed by atoms with Gasteiger partial charge in [-0.1, -0.05) is 26.0 Å². The first-order valence-electron chi connectivity index (χ1n) is 7.99. The van der Waals surface area contributed by atoms with E-state index in [0.717, 1.165) is 18.1 Å². The van der Waals surface area contributed by atoms with Crippen molar-refractivity contribution in [3.63, 3.8) is 0 Å². The Morgan fingerprint density at radius 3 is 2.39 bits per heavy atom. The van der Waals surface area contributed by atoms with Crippen LogP contribution in [0.1, 0.15) is 25.2 Å². The molecule has 0 aliphatic rings. The van der Waals surface area contributed by atoms with E-state index in [4.69, 9.17) is 4.74 Å². The van der Waals surface area contributed by atoms with E-state index in [-0.39, 0.29) is 12.6 Å². The molecule has 1 aromatic carbocycles. The first-order valence-corrected chi connectivity index (χ1v) is 7.99. The molecule has 1 heterocycles. The molecule has 0 fully saturated rings. The summed E-state index contributed by atoms with van der Waals surface area (Å²) in [6.07, 6.45) is 3.76. The Labute approximate surface area is 138 Å². The molecule has 23 heavy (non-hydrogen) atoms. The predicted octanol–water partition coefficient (Wildman–Crippen LogP) is 2.45. The third-order valence-electron chi connectivity index (χ3n) is 4.24. The average Bonchev–Trinajstić information content (AvgIpc) is 2.93. The van der Waals surface area contributed by atoms with Gasteiger partial charge in [-0.25, -0.2) is 4.98 Å². The second-order valence-electron chi connectivity index (χ2n) is 6.20. The lowest BCUT2D eigenvalue weighted by Gasteiger charge is -2.33. The minimum atomic E-state index is 0.0915. The number of methoxy groups -OCH3 is 1. The summed E-state index contributed by atoms with van der Waals surface area (Å²) < 4.78 is 7.24. The van der Waals surface area contributed by atoms with Crippen molar-refractivity contribution >= 4 is 0 Å². The lowest BCUT2D eigenvalue weighted by atomic mass is 10.0. The van der Waals surface area contributed by atoms with E-state index in [1.807, 2.05) is 36.1 Å². The summed E-state index contributed by atoms with van der Waals surface area (Å²) >= 11 is 0. The third kappa shape index (κ3) is 4.56. The monoisotopic (exact) mass is 317 g/mol. The van der Waals surface area contributed by atoms with E-state index in [2.05, 4.69) is 35.9 Å². The highest BCUT2D eigenvalue weighted by atomic mass is 16.5. The number of aliphatic hydroxyl groups is 1. The SMILES string of the molecule is COc1ccc(CN(Cc2nccn2C)[C@H](CO)C(C)C)cc1. The molecule has 1 N–H and O–H groups in total. The normalized spacial score (nSPS) is 12.8. The van der Waals surface area contributed by atoms with Crippen LogP contribution in [0.25, 0.3) is 0 Å². The number of aromatic nitrogens is 2. The van der Waals surface area contributed by atoms with Crippen molar-refractivity contribution in [2.24, 2.45) is 13.0 Å². The molecular weight excluding hydrogens is 290 g/mol. The maximum atomic E-state index is 9.84. The molecule has 0 spiro atoms. The van der Waals surface area contributed by atoms with Crippen molar-refractivity contribution in [1.82, 2.24) is 14.5 Å². The van der Waals surface area contributed by atoms with Crippen molar-refractivity contribution in [3.05, 3.63) is 48.0 Å². The fourth-order valence-corrected chi connectivity index (χ4v) is 2.73. The Kier molecular flexibility index (Phi) is 6.19. The summed E-state index contributed by atoms with van der Waals surface area (Å²) in [4.78, 5) is 6.71. The molecule has 0 aliphatic heterocycles. The molecule has 2 rings (SSSR count). The van der Waals surface area contributed by atoms with Gasteiger partial charge in [-0.2, -0.15) is 0 Å². The first-order chi connectivity index (χ1) is 11.0. The summed E-state index contributed by atoms with van der Waals surface area (Å²) in [7, 11) is 3.67. The van der Waals surface area contributed by atoms with Gasteiger partial charge in [0.15, 0.2) is 0 Å². The van der Waals surface area contributed by atoms with E-state index in [9.17, 15) is 5.11 Å². The molecular formula is C18H27N3O2. The molecule has 1 atom stereocenters. The largest absolute Gasteiger partial charge is 0.497 e. The molecule has 0 aliphatic carbocycles. The van der Waals surface area contributed by atoms with Crippen LogP contribution in [0.5, 0.6) is 5.75 Å². The summed E-state index contributed by atoms with van der Waals surface area (Å²) in [6.45, 7) is 5.89. The molecule has 0 radical (unpaired) electrons. The van der Waals surface area contributed by atoms with Gasteiger partial charge in [-0.15, -0.1) is 0 Å². The number of rotatable bonds is 8. The molecule has 0 saturated carbocycles. The summed E-state index contributed by atoms with van der Waals surface area (Å²) in [5.74, 6) is 2.21. The Morgan fingerprint density at radius 2 is 1.91 bits per heavy atom. The first kappa shape index (κ1) is 17.5. The Hall–Kier alpha value is -1.85. The lowest BCUT2D eigenvalue weighted by molar-refractivity contribution is 0.0756. The molecule has 0 unspecified atom stereocenters. The second kappa shape index (κ2) is 8.13. The van der Waals surface area contributed by atoms with Crippen molar-refractivity contribution in [3.8, 4) is 5.75 Å². The number of ether oxygens (including phenoxy) is 1. The van der Waals surface area contributed by atoms with Crippen LogP contribution in [0.15, 0.2) is 36.7 Å². The average molecular weight is 317 g/mol. The molecule has 5 heteroatoms. The zero-order valence-corrected chi connectivity index (χ0v) is 14.4. The molecule has 0 amide bonds. The standard InChI is InChI=1S/C18H27N3O2/c1-14(2)17(13-22)21(12-18-19-9-10-20(18)3)11-15-5-7-16(23-4)8-6-15/h5-10,14,17,22H,11-13H2,1-4H3/t17-/m1/s1. The van der Waals surface area contributed by atoms with E-state index in [0.29, 0.717) is 12.5 Å². The number of aliphatic hydroxyl groups excluding tert-OH is 1. The van der Waals surface area contributed by atoms with Gasteiger partial charge >= 0.3 is 0 Å². The summed E-state index contributed by atoms with van der Waals surface area (Å²) in [6, 6.07) is 8.17. The minimum Gasteiger partial charge on any atom is -0.497 e. The summed E-state index contributed by atoms with van der Waals surface area (Å²) in [5, 5.41) is 9.84. The van der Waals surface area contributed by atoms with Gasteiger partial charge in [0.05, 0.1) is 20.3 Å². The lowest BCUT2D eigenvalue weighted by Crippen LogP contribution is -2.41. The number of aryl methyl sites for hydroxylation is 1. The van der Waals surface area contributed by atoms with Crippen molar-refractivity contribution in [1.29, 1.82) is 0 Å². The maximum Gasteiger partial charge on any atom is 0.122 e. The topological polar surface area (TPSA) is 50.5 Å². The van der Waals surface area contributed by atoms with E-state index in [1.165, 1.54) is 5.56 Å². The van der Waals surface area contributed by atoms with Crippen molar-refractivity contribution < 1.29 is 9.84 Å². The maximum absolute atomic E-state index is 9.84. The van der Waals surface area contributed by atoms with Crippen LogP contribution in [0.3, 0.4) is 0 Å². The fourth-order valence-electron chi connectivity index (χ4n) is 2.73. The molecule has 1 aromatic heterocycles. The van der Waals surface area contributed by atoms with Crippen molar-refractivity contribution in [2.45, 2.75) is 33.0 Å². The van der Waals surface area contributed by atoms with Crippen LogP contribution in [0.2, 0.25) is 0 Å². The van der Waals surface area contributed by atoms with Gasteiger partial charge in [-0.05, 0) is 23.6 Å². The van der Waals surface area contributed by atoms with Gasteiger partial charge in [0, 0.05) is 32.0 Å². The van der Waals surface area contributed by atoms with Gasteiger partial charge in [-0.3, -0.25) is 4.90 Å². The Morgan fingerprint density at radius 1 is 1.22 bits per heavy atom. The van der Waals surface area contributed by atoms with Crippen LogP contribution in [-0.2, 0) is 20.1 Å². The number of nitrogens with zero attached hydrogens (tertiary/aromatic N) is 3. The highest BCUT2D eigenvalue weighted by Gasteiger charge is 2.22. The molecule has 0 bridgehead atoms. The van der Waals surface area contributed by atoms with Gasteiger partial charge in [0.1, 0.15) is 11.6 Å². The Bertz CT molecular complexity index is 593. The highest BCUT2D eigenvalue weighted by molar-refractivity contribution is 5.27. The minimum absolute atomic E-state index is 0.0915. The predicted molar refractivity (Wildman–Crippen MR) is 91.2 cm³/mol. The molecule has 2 aromatic rings. The number of imidazole rings is 1. The molecule has 126 valence electrons. The number of benzene rings is 1. The van der Waals surface area contributed by atoms with Crippen LogP contribution < -0.4 is 4.74 Å². The second-order valence-corrected chi connectivity index (χ2v) is 6.20. The number of hydrogen-bond acceptors (Lipinski definition) is 4. The third-order valence-corrected chi connectivity index (χ3v) is 4.24. The van der Waals surface area contributed by atoms with Crippen molar-refractivity contribution in [2.75, 3.05) is 13.7 Å². The zero-order valence-electron chi connectivity index (χ0n) is 14.4. The molecule has 5 nitrogen and oxygen atoms in total. The molecule has 0 saturated heterocycles. The smallest absolute Gasteiger partial charge is 0.122 e. The summed E-state index contributed by atoms with van der Waals surface area (Å²) in [5.41, 5.74) is 1.19. The van der Waals surface area contributed by atoms with Crippen LogP contribution in [0, 0.1) is 5.92 Å². The Balaban J connectivity index is 2.19. The highest BCUT2D eigenvalue weighted by Crippen LogP contribution is 2.19. The van der Waals surface area contributed by atoms with E-state index in [1.54, 1.807) is 7.11 Å². The fraction of sp³-hybridized carbons (Fsp3) is 0.500. The van der Waals surface area contributed by atoms with E-state index < -0.39 is 0 Å². The van der Waals surface area contributed by atoms with Gasteiger partial charge in [0.25, 0.3) is 0 Å².